The third-order valence-corrected chi connectivity index (χ3v) is 4.37. The van der Waals surface area contributed by atoms with Crippen molar-refractivity contribution in [3.63, 3.8) is 0 Å². The summed E-state index contributed by atoms with van der Waals surface area (Å²) < 4.78 is 5.66. The van der Waals surface area contributed by atoms with Crippen LogP contribution in [0.3, 0.4) is 0 Å². The van der Waals surface area contributed by atoms with E-state index in [1.165, 1.54) is 17.5 Å². The Morgan fingerprint density at radius 2 is 2.00 bits per heavy atom. The number of hydrogen-bond acceptors (Lipinski definition) is 1. The lowest BCUT2D eigenvalue weighted by molar-refractivity contribution is 0.0658. The second-order valence-corrected chi connectivity index (χ2v) is 5.47. The predicted molar refractivity (Wildman–Crippen MR) is 60.8 cm³/mol. The van der Waals surface area contributed by atoms with Crippen LogP contribution in [-0.2, 0) is 10.2 Å². The Bertz CT molecular complexity index is 394. The molecular formula is C14H18O. The summed E-state index contributed by atoms with van der Waals surface area (Å²) in [6.45, 7) is 4.75. The molecule has 0 heterocycles. The molecule has 1 saturated carbocycles. The zero-order valence-corrected chi connectivity index (χ0v) is 9.66. The number of methoxy groups -OCH3 is 1. The van der Waals surface area contributed by atoms with Crippen LogP contribution in [0.15, 0.2) is 24.3 Å². The van der Waals surface area contributed by atoms with Gasteiger partial charge in [-0.3, -0.25) is 0 Å². The summed E-state index contributed by atoms with van der Waals surface area (Å²) >= 11 is 0. The Hall–Kier alpha value is -0.820. The van der Waals surface area contributed by atoms with Crippen LogP contribution in [0.5, 0.6) is 0 Å². The van der Waals surface area contributed by atoms with Gasteiger partial charge < -0.3 is 4.74 Å². The third kappa shape index (κ3) is 1.13. The van der Waals surface area contributed by atoms with Crippen molar-refractivity contribution in [3.05, 3.63) is 35.4 Å². The minimum Gasteiger partial charge on any atom is -0.376 e. The summed E-state index contributed by atoms with van der Waals surface area (Å²) in [4.78, 5) is 0. The van der Waals surface area contributed by atoms with E-state index in [1.54, 1.807) is 0 Å². The Kier molecular flexibility index (Phi) is 1.79. The predicted octanol–water partition coefficient (Wildman–Crippen LogP) is 3.30. The molecule has 1 heteroatoms. The molecule has 1 fully saturated rings. The van der Waals surface area contributed by atoms with Gasteiger partial charge in [-0.05, 0) is 34.8 Å². The van der Waals surface area contributed by atoms with Crippen LogP contribution in [0.4, 0.5) is 0 Å². The molecule has 0 aromatic heterocycles. The van der Waals surface area contributed by atoms with Crippen molar-refractivity contribution in [2.75, 3.05) is 7.11 Å². The number of fused-ring (bicyclic) bond motifs is 2. The van der Waals surface area contributed by atoms with Crippen LogP contribution in [0.25, 0.3) is 0 Å². The standard InChI is InChI=1S/C14H18O/c1-14(2)11-7-5-4-6-9(11)13(15-3)10-8-12(10)14/h4-7,10,12-13H,8H2,1-3H3/t10-,12+,13-/m0/s1. The molecule has 0 spiro atoms. The monoisotopic (exact) mass is 202 g/mol. The van der Waals surface area contributed by atoms with Crippen LogP contribution in [0.2, 0.25) is 0 Å². The van der Waals surface area contributed by atoms with E-state index in [0.717, 1.165) is 11.8 Å². The second kappa shape index (κ2) is 2.85. The zero-order chi connectivity index (χ0) is 10.6. The van der Waals surface area contributed by atoms with Crippen LogP contribution in [0, 0.1) is 11.8 Å². The van der Waals surface area contributed by atoms with Crippen molar-refractivity contribution >= 4 is 0 Å². The zero-order valence-electron chi connectivity index (χ0n) is 9.66. The lowest BCUT2D eigenvalue weighted by atomic mass is 9.71. The molecule has 3 rings (SSSR count). The smallest absolute Gasteiger partial charge is 0.0855 e. The van der Waals surface area contributed by atoms with Gasteiger partial charge in [0.05, 0.1) is 6.10 Å². The Morgan fingerprint density at radius 1 is 1.27 bits per heavy atom. The molecule has 0 aliphatic heterocycles. The topological polar surface area (TPSA) is 9.23 Å². The van der Waals surface area contributed by atoms with E-state index in [4.69, 9.17) is 4.74 Å². The fourth-order valence-corrected chi connectivity index (χ4v) is 3.44. The van der Waals surface area contributed by atoms with Crippen molar-refractivity contribution in [3.8, 4) is 0 Å². The molecule has 0 N–H and O–H groups in total. The molecule has 0 bridgehead atoms. The molecule has 2 aliphatic carbocycles. The van der Waals surface area contributed by atoms with Gasteiger partial charge in [-0.2, -0.15) is 0 Å². The molecule has 1 aromatic rings. The highest BCUT2D eigenvalue weighted by molar-refractivity contribution is 5.42. The summed E-state index contributed by atoms with van der Waals surface area (Å²) in [7, 11) is 1.84. The van der Waals surface area contributed by atoms with E-state index >= 15 is 0 Å². The fourth-order valence-electron chi connectivity index (χ4n) is 3.44. The minimum atomic E-state index is 0.344. The summed E-state index contributed by atoms with van der Waals surface area (Å²) in [5.41, 5.74) is 3.26. The van der Waals surface area contributed by atoms with Gasteiger partial charge in [0.15, 0.2) is 0 Å². The molecule has 80 valence electrons. The van der Waals surface area contributed by atoms with Crippen molar-refractivity contribution < 1.29 is 4.74 Å². The molecule has 0 radical (unpaired) electrons. The van der Waals surface area contributed by atoms with Gasteiger partial charge in [-0.1, -0.05) is 38.1 Å². The molecule has 15 heavy (non-hydrogen) atoms. The van der Waals surface area contributed by atoms with Crippen LogP contribution in [0.1, 0.15) is 37.5 Å². The average molecular weight is 202 g/mol. The van der Waals surface area contributed by atoms with Crippen LogP contribution in [-0.4, -0.2) is 7.11 Å². The SMILES string of the molecule is CO[C@H]1c2ccccc2C(C)(C)[C@@H]2C[C@@H]21. The van der Waals surface area contributed by atoms with Gasteiger partial charge in [0.25, 0.3) is 0 Å². The maximum absolute atomic E-state index is 5.66. The highest BCUT2D eigenvalue weighted by Crippen LogP contribution is 2.62. The Labute approximate surface area is 91.5 Å². The fraction of sp³-hybridized carbons (Fsp3) is 0.571. The lowest BCUT2D eigenvalue weighted by Gasteiger charge is -2.36. The number of hydrogen-bond donors (Lipinski definition) is 0. The summed E-state index contributed by atoms with van der Waals surface area (Å²) in [5, 5.41) is 0. The first-order valence-electron chi connectivity index (χ1n) is 5.78. The van der Waals surface area contributed by atoms with Gasteiger partial charge in [0, 0.05) is 7.11 Å². The normalized spacial score (nSPS) is 35.5. The summed E-state index contributed by atoms with van der Waals surface area (Å²) in [6, 6.07) is 8.79. The summed E-state index contributed by atoms with van der Waals surface area (Å²) in [6.07, 6.45) is 1.68. The Morgan fingerprint density at radius 3 is 2.73 bits per heavy atom. The highest BCUT2D eigenvalue weighted by Gasteiger charge is 2.56. The molecule has 0 amide bonds. The average Bonchev–Trinajstić information content (AvgIpc) is 3.00. The largest absolute Gasteiger partial charge is 0.376 e. The van der Waals surface area contributed by atoms with E-state index < -0.39 is 0 Å². The molecule has 0 unspecified atom stereocenters. The maximum Gasteiger partial charge on any atom is 0.0855 e. The second-order valence-electron chi connectivity index (χ2n) is 5.47. The van der Waals surface area contributed by atoms with Gasteiger partial charge >= 0.3 is 0 Å². The van der Waals surface area contributed by atoms with E-state index in [0.29, 0.717) is 11.5 Å². The summed E-state index contributed by atoms with van der Waals surface area (Å²) in [5.74, 6) is 1.59. The van der Waals surface area contributed by atoms with Gasteiger partial charge in [0.1, 0.15) is 0 Å². The van der Waals surface area contributed by atoms with Crippen molar-refractivity contribution in [2.45, 2.75) is 31.8 Å². The highest BCUT2D eigenvalue weighted by atomic mass is 16.5. The minimum absolute atomic E-state index is 0.344. The number of ether oxygens (including phenoxy) is 1. The molecule has 1 aromatic carbocycles. The van der Waals surface area contributed by atoms with E-state index in [9.17, 15) is 0 Å². The van der Waals surface area contributed by atoms with E-state index in [-0.39, 0.29) is 0 Å². The number of benzene rings is 1. The van der Waals surface area contributed by atoms with Gasteiger partial charge in [-0.25, -0.2) is 0 Å². The van der Waals surface area contributed by atoms with Crippen molar-refractivity contribution in [2.24, 2.45) is 11.8 Å². The Balaban J connectivity index is 2.16. The maximum atomic E-state index is 5.66. The molecule has 3 atom stereocenters. The molecular weight excluding hydrogens is 184 g/mol. The number of rotatable bonds is 1. The quantitative estimate of drug-likeness (QED) is 0.679. The van der Waals surface area contributed by atoms with Crippen LogP contribution < -0.4 is 0 Å². The van der Waals surface area contributed by atoms with Crippen LogP contribution >= 0.6 is 0 Å². The molecule has 1 nitrogen and oxygen atoms in total. The first-order valence-corrected chi connectivity index (χ1v) is 5.78. The first kappa shape index (κ1) is 9.41. The van der Waals surface area contributed by atoms with Crippen molar-refractivity contribution in [1.82, 2.24) is 0 Å². The lowest BCUT2D eigenvalue weighted by Crippen LogP contribution is -2.29. The molecule has 0 saturated heterocycles. The van der Waals surface area contributed by atoms with E-state index in [2.05, 4.69) is 38.1 Å². The first-order chi connectivity index (χ1) is 7.16. The van der Waals surface area contributed by atoms with Gasteiger partial charge in [-0.15, -0.1) is 0 Å². The molecule has 2 aliphatic rings. The van der Waals surface area contributed by atoms with E-state index in [1.807, 2.05) is 7.11 Å². The van der Waals surface area contributed by atoms with Crippen molar-refractivity contribution in [1.29, 1.82) is 0 Å². The van der Waals surface area contributed by atoms with Gasteiger partial charge in [0.2, 0.25) is 0 Å². The third-order valence-electron chi connectivity index (χ3n) is 4.37.